The molecule has 0 saturated carbocycles. The summed E-state index contributed by atoms with van der Waals surface area (Å²) in [5.74, 6) is 2.02. The van der Waals surface area contributed by atoms with Crippen LogP contribution < -0.4 is 29.6 Å². The van der Waals surface area contributed by atoms with Gasteiger partial charge in [0.15, 0.2) is 23.0 Å². The van der Waals surface area contributed by atoms with Crippen molar-refractivity contribution in [1.29, 1.82) is 0 Å². The summed E-state index contributed by atoms with van der Waals surface area (Å²) < 4.78 is 20.8. The molecule has 0 aliphatic carbocycles. The summed E-state index contributed by atoms with van der Waals surface area (Å²) in [6.07, 6.45) is -4.06. The summed E-state index contributed by atoms with van der Waals surface area (Å²) in [7, 11) is 5.94. The van der Waals surface area contributed by atoms with Crippen molar-refractivity contribution in [2.75, 3.05) is 67.7 Å². The maximum absolute atomic E-state index is 12.6. The number of hydrogen-bond acceptors (Lipinski definition) is 9. The summed E-state index contributed by atoms with van der Waals surface area (Å²) in [5.41, 5.74) is 1.56. The summed E-state index contributed by atoms with van der Waals surface area (Å²) in [4.78, 5) is 61.9. The first kappa shape index (κ1) is 36.6. The highest BCUT2D eigenvalue weighted by Crippen LogP contribution is 2.28. The number of benzene rings is 2. The van der Waals surface area contributed by atoms with Crippen LogP contribution in [0.2, 0.25) is 0 Å². The highest BCUT2D eigenvalue weighted by Gasteiger charge is 2.25. The van der Waals surface area contributed by atoms with Crippen LogP contribution in [0.5, 0.6) is 23.0 Å². The third-order valence-corrected chi connectivity index (χ3v) is 6.69. The first-order chi connectivity index (χ1) is 21.9. The lowest BCUT2D eigenvalue weighted by Gasteiger charge is -2.25. The van der Waals surface area contributed by atoms with E-state index in [4.69, 9.17) is 18.9 Å². The summed E-state index contributed by atoms with van der Waals surface area (Å²) in [6.45, 7) is -1.91. The fourth-order valence-electron chi connectivity index (χ4n) is 4.20. The Bertz CT molecular complexity index is 1280. The van der Waals surface area contributed by atoms with Crippen molar-refractivity contribution in [3.8, 4) is 23.0 Å². The predicted octanol–water partition coefficient (Wildman–Crippen LogP) is 2.87. The Morgan fingerprint density at radius 1 is 0.565 bits per heavy atom. The summed E-state index contributed by atoms with van der Waals surface area (Å²) >= 11 is 0. The molecule has 2 rings (SSSR count). The SMILES string of the molecule is COc1ccc(CCNC(=O)N(CCN(CCN(C(=O)O)C(=O)NCCc2ccc(OC)c(OC)c2)C(=O)O)C(=O)O)cc1OC. The van der Waals surface area contributed by atoms with Crippen LogP contribution in [0.15, 0.2) is 36.4 Å². The van der Waals surface area contributed by atoms with Crippen LogP contribution in [0.1, 0.15) is 11.1 Å². The number of carbonyl (C=O) groups excluding carboxylic acids is 2. The molecule has 17 heteroatoms. The van der Waals surface area contributed by atoms with Crippen LogP contribution in [0, 0.1) is 0 Å². The third kappa shape index (κ3) is 10.8. The van der Waals surface area contributed by atoms with E-state index in [2.05, 4.69) is 10.6 Å². The maximum Gasteiger partial charge on any atom is 0.415 e. The van der Waals surface area contributed by atoms with Crippen molar-refractivity contribution in [3.63, 3.8) is 0 Å². The number of nitrogens with zero attached hydrogens (tertiary/aromatic N) is 3. The molecule has 7 amide bonds. The molecule has 2 aromatic rings. The van der Waals surface area contributed by atoms with Crippen LogP contribution in [0.4, 0.5) is 24.0 Å². The molecule has 0 unspecified atom stereocenters. The number of amides is 7. The Kier molecular flexibility index (Phi) is 14.5. The van der Waals surface area contributed by atoms with Gasteiger partial charge in [-0.2, -0.15) is 0 Å². The van der Waals surface area contributed by atoms with Gasteiger partial charge in [-0.15, -0.1) is 0 Å². The first-order valence-electron chi connectivity index (χ1n) is 13.9. The Morgan fingerprint density at radius 2 is 0.935 bits per heavy atom. The minimum atomic E-state index is -1.62. The quantitative estimate of drug-likeness (QED) is 0.177. The number of carbonyl (C=O) groups is 5. The average Bonchev–Trinajstić information content (AvgIpc) is 3.03. The molecule has 2 aromatic carbocycles. The molecule has 5 N–H and O–H groups in total. The molecule has 0 saturated heterocycles. The second kappa shape index (κ2) is 18.3. The summed E-state index contributed by atoms with van der Waals surface area (Å²) in [5, 5.41) is 33.6. The fourth-order valence-corrected chi connectivity index (χ4v) is 4.20. The molecule has 0 fully saturated rings. The molecule has 46 heavy (non-hydrogen) atoms. The van der Waals surface area contributed by atoms with E-state index in [1.165, 1.54) is 28.4 Å². The molecule has 0 heterocycles. The van der Waals surface area contributed by atoms with E-state index in [0.717, 1.165) is 11.1 Å². The Hall–Kier alpha value is -5.61. The molecular weight excluding hydrogens is 610 g/mol. The van der Waals surface area contributed by atoms with Gasteiger partial charge in [-0.3, -0.25) is 0 Å². The lowest BCUT2D eigenvalue weighted by Crippen LogP contribution is -2.50. The normalized spacial score (nSPS) is 10.3. The van der Waals surface area contributed by atoms with Gasteiger partial charge in [-0.1, -0.05) is 12.1 Å². The average molecular weight is 650 g/mol. The van der Waals surface area contributed by atoms with Crippen LogP contribution in [0.3, 0.4) is 0 Å². The second-order valence-electron chi connectivity index (χ2n) is 9.48. The van der Waals surface area contributed by atoms with Crippen molar-refractivity contribution in [2.45, 2.75) is 12.8 Å². The number of methoxy groups -OCH3 is 4. The Labute approximate surface area is 265 Å². The Balaban J connectivity index is 1.91. The van der Waals surface area contributed by atoms with E-state index >= 15 is 0 Å². The molecule has 0 aliphatic heterocycles. The number of ether oxygens (including phenoxy) is 4. The largest absolute Gasteiger partial charge is 0.493 e. The van der Waals surface area contributed by atoms with Gasteiger partial charge in [0.25, 0.3) is 0 Å². The zero-order valence-electron chi connectivity index (χ0n) is 26.0. The molecule has 0 atom stereocenters. The molecular formula is C29H39N5O12. The molecule has 0 aromatic heterocycles. The van der Waals surface area contributed by atoms with Crippen molar-refractivity contribution < 1.29 is 58.2 Å². The standard InChI is InChI=1S/C29H39N5O12/c1-43-21-7-5-19(17-23(21)45-3)9-11-30-25(35)33(28(39)40)15-13-32(27(37)38)14-16-34(29(41)42)26(36)31-12-10-20-6-8-22(44-2)24(18-20)46-4/h5-8,17-18H,9-16H2,1-4H3,(H,30,35)(H,31,36)(H,37,38)(H,39,40)(H,41,42). The monoisotopic (exact) mass is 649 g/mol. The molecule has 0 radical (unpaired) electrons. The second-order valence-corrected chi connectivity index (χ2v) is 9.48. The van der Waals surface area contributed by atoms with Crippen LogP contribution in [0.25, 0.3) is 0 Å². The van der Waals surface area contributed by atoms with Gasteiger partial charge in [0, 0.05) is 26.2 Å². The highest BCUT2D eigenvalue weighted by molar-refractivity contribution is 5.90. The zero-order valence-corrected chi connectivity index (χ0v) is 26.0. The zero-order chi connectivity index (χ0) is 34.2. The molecule has 252 valence electrons. The predicted molar refractivity (Wildman–Crippen MR) is 162 cm³/mol. The van der Waals surface area contributed by atoms with Crippen molar-refractivity contribution in [1.82, 2.24) is 25.3 Å². The number of nitrogens with one attached hydrogen (secondary N) is 2. The van der Waals surface area contributed by atoms with Gasteiger partial charge in [0.2, 0.25) is 0 Å². The molecule has 0 aliphatic rings. The van der Waals surface area contributed by atoms with Crippen LogP contribution >= 0.6 is 0 Å². The minimum Gasteiger partial charge on any atom is -0.493 e. The topological polar surface area (TPSA) is 217 Å². The van der Waals surface area contributed by atoms with Crippen LogP contribution in [-0.2, 0) is 12.8 Å². The van der Waals surface area contributed by atoms with Crippen molar-refractivity contribution >= 4 is 30.3 Å². The van der Waals surface area contributed by atoms with Gasteiger partial charge < -0.3 is 49.8 Å². The van der Waals surface area contributed by atoms with Gasteiger partial charge in [0.1, 0.15) is 0 Å². The maximum atomic E-state index is 12.6. The van der Waals surface area contributed by atoms with Crippen molar-refractivity contribution in [3.05, 3.63) is 47.5 Å². The third-order valence-electron chi connectivity index (χ3n) is 6.69. The molecule has 17 nitrogen and oxygen atoms in total. The Morgan fingerprint density at radius 3 is 1.24 bits per heavy atom. The van der Waals surface area contributed by atoms with E-state index in [1.807, 2.05) is 0 Å². The molecule has 0 bridgehead atoms. The van der Waals surface area contributed by atoms with Crippen molar-refractivity contribution in [2.24, 2.45) is 0 Å². The number of imide groups is 2. The number of carboxylic acid groups (broad SMARTS) is 3. The first-order valence-corrected chi connectivity index (χ1v) is 13.9. The lowest BCUT2D eigenvalue weighted by atomic mass is 10.1. The number of urea groups is 2. The van der Waals surface area contributed by atoms with Crippen LogP contribution in [-0.4, -0.2) is 128 Å². The fraction of sp³-hybridized carbons (Fsp3) is 0.414. The lowest BCUT2D eigenvalue weighted by molar-refractivity contribution is 0.118. The van der Waals surface area contributed by atoms with E-state index in [9.17, 15) is 39.3 Å². The number of rotatable bonds is 16. The summed E-state index contributed by atoms with van der Waals surface area (Å²) in [6, 6.07) is 8.37. The van der Waals surface area contributed by atoms with Gasteiger partial charge in [-0.05, 0) is 48.2 Å². The number of hydrogen-bond donors (Lipinski definition) is 5. The highest BCUT2D eigenvalue weighted by atomic mass is 16.5. The van der Waals surface area contributed by atoms with E-state index in [0.29, 0.717) is 50.5 Å². The van der Waals surface area contributed by atoms with E-state index < -0.39 is 56.5 Å². The van der Waals surface area contributed by atoms with E-state index in [1.54, 1.807) is 36.4 Å². The van der Waals surface area contributed by atoms with Gasteiger partial charge in [0.05, 0.1) is 41.5 Å². The van der Waals surface area contributed by atoms with Gasteiger partial charge >= 0.3 is 30.3 Å². The van der Waals surface area contributed by atoms with Gasteiger partial charge in [-0.25, -0.2) is 33.8 Å². The smallest absolute Gasteiger partial charge is 0.415 e. The van der Waals surface area contributed by atoms with E-state index in [-0.39, 0.29) is 13.1 Å². The molecule has 0 spiro atoms. The minimum absolute atomic E-state index is 0.0649.